The molecule has 0 aliphatic carbocycles. The van der Waals surface area contributed by atoms with Crippen molar-refractivity contribution in [3.63, 3.8) is 0 Å². The molecular weight excluding hydrogens is 158 g/mol. The number of hydrogen-bond acceptors (Lipinski definition) is 0. The van der Waals surface area contributed by atoms with Crippen LogP contribution in [-0.4, -0.2) is 4.40 Å². The molecule has 0 radical (unpaired) electrons. The average Bonchev–Trinajstić information content (AvgIpc) is 2.45. The molecule has 0 saturated heterocycles. The lowest BCUT2D eigenvalue weighted by Crippen LogP contribution is -2.13. The fraction of sp³-hybridized carbons (Fsp3) is 0.333. The summed E-state index contributed by atoms with van der Waals surface area (Å²) in [4.78, 5) is 0. The second-order valence-corrected chi connectivity index (χ2v) is 4.46. The van der Waals surface area contributed by atoms with E-state index in [0.717, 1.165) is 0 Å². The van der Waals surface area contributed by atoms with Gasteiger partial charge in [-0.3, -0.25) is 0 Å². The summed E-state index contributed by atoms with van der Waals surface area (Å²) in [5.74, 6) is 0. The maximum atomic E-state index is 2.25. The molecule has 0 aliphatic heterocycles. The number of fused-ring (bicyclic) bond motifs is 1. The van der Waals surface area contributed by atoms with Gasteiger partial charge in [-0.15, -0.1) is 0 Å². The van der Waals surface area contributed by atoms with Crippen LogP contribution < -0.4 is 0 Å². The van der Waals surface area contributed by atoms with Crippen molar-refractivity contribution in [1.29, 1.82) is 0 Å². The summed E-state index contributed by atoms with van der Waals surface area (Å²) in [7, 11) is 0. The zero-order valence-electron chi connectivity index (χ0n) is 8.41. The molecule has 2 aromatic rings. The van der Waals surface area contributed by atoms with E-state index in [9.17, 15) is 0 Å². The molecule has 13 heavy (non-hydrogen) atoms. The van der Waals surface area contributed by atoms with Gasteiger partial charge >= 0.3 is 0 Å². The van der Waals surface area contributed by atoms with E-state index < -0.39 is 0 Å². The zero-order valence-corrected chi connectivity index (χ0v) is 8.41. The molecule has 0 unspecified atom stereocenters. The molecule has 2 rings (SSSR count). The van der Waals surface area contributed by atoms with E-state index >= 15 is 0 Å². The minimum atomic E-state index is 0.216. The minimum absolute atomic E-state index is 0.216. The monoisotopic (exact) mass is 173 g/mol. The Balaban J connectivity index is 2.72. The SMILES string of the molecule is CC(C)(C)c1ccc2ccccn12. The van der Waals surface area contributed by atoms with E-state index in [1.807, 2.05) is 0 Å². The summed E-state index contributed by atoms with van der Waals surface area (Å²) in [6.45, 7) is 6.71. The molecule has 2 aromatic heterocycles. The highest BCUT2D eigenvalue weighted by molar-refractivity contribution is 5.50. The number of pyridine rings is 1. The van der Waals surface area contributed by atoms with E-state index in [4.69, 9.17) is 0 Å². The highest BCUT2D eigenvalue weighted by Gasteiger charge is 2.16. The first-order valence-corrected chi connectivity index (χ1v) is 4.65. The Hall–Kier alpha value is -1.24. The summed E-state index contributed by atoms with van der Waals surface area (Å²) >= 11 is 0. The average molecular weight is 173 g/mol. The van der Waals surface area contributed by atoms with Crippen molar-refractivity contribution in [3.05, 3.63) is 42.2 Å². The van der Waals surface area contributed by atoms with E-state index in [1.54, 1.807) is 0 Å². The first-order valence-electron chi connectivity index (χ1n) is 4.65. The van der Waals surface area contributed by atoms with Gasteiger partial charge in [0, 0.05) is 22.8 Å². The molecular formula is C12H15N. The third-order valence-corrected chi connectivity index (χ3v) is 2.33. The summed E-state index contributed by atoms with van der Waals surface area (Å²) in [5, 5.41) is 0. The van der Waals surface area contributed by atoms with Crippen molar-refractivity contribution in [1.82, 2.24) is 4.40 Å². The number of hydrogen-bond donors (Lipinski definition) is 0. The van der Waals surface area contributed by atoms with Crippen molar-refractivity contribution in [3.8, 4) is 0 Å². The molecule has 0 amide bonds. The second kappa shape index (κ2) is 2.63. The molecule has 1 nitrogen and oxygen atoms in total. The van der Waals surface area contributed by atoms with Crippen molar-refractivity contribution in [2.24, 2.45) is 0 Å². The van der Waals surface area contributed by atoms with Gasteiger partial charge in [0.25, 0.3) is 0 Å². The van der Waals surface area contributed by atoms with Crippen LogP contribution in [-0.2, 0) is 5.41 Å². The maximum absolute atomic E-state index is 2.25. The van der Waals surface area contributed by atoms with Crippen LogP contribution in [0, 0.1) is 0 Å². The molecule has 0 spiro atoms. The van der Waals surface area contributed by atoms with Crippen LogP contribution in [0.2, 0.25) is 0 Å². The van der Waals surface area contributed by atoms with Crippen LogP contribution >= 0.6 is 0 Å². The largest absolute Gasteiger partial charge is 0.320 e. The Morgan fingerprint density at radius 1 is 1.00 bits per heavy atom. The Labute approximate surface area is 79.0 Å². The van der Waals surface area contributed by atoms with Crippen LogP contribution in [0.4, 0.5) is 0 Å². The topological polar surface area (TPSA) is 4.41 Å². The van der Waals surface area contributed by atoms with Crippen LogP contribution in [0.1, 0.15) is 26.5 Å². The van der Waals surface area contributed by atoms with Crippen LogP contribution in [0.5, 0.6) is 0 Å². The fourth-order valence-electron chi connectivity index (χ4n) is 1.67. The van der Waals surface area contributed by atoms with E-state index in [0.29, 0.717) is 0 Å². The lowest BCUT2D eigenvalue weighted by atomic mass is 9.92. The predicted octanol–water partition coefficient (Wildman–Crippen LogP) is 3.24. The Bertz CT molecular complexity index is 418. The van der Waals surface area contributed by atoms with Gasteiger partial charge < -0.3 is 4.40 Å². The van der Waals surface area contributed by atoms with Gasteiger partial charge in [0.15, 0.2) is 0 Å². The van der Waals surface area contributed by atoms with E-state index in [2.05, 4.69) is 61.7 Å². The highest BCUT2D eigenvalue weighted by Crippen LogP contribution is 2.24. The molecule has 0 N–H and O–H groups in total. The normalized spacial score (nSPS) is 12.2. The third kappa shape index (κ3) is 1.35. The first kappa shape index (κ1) is 8.36. The molecule has 0 bridgehead atoms. The molecule has 2 heterocycles. The molecule has 0 aliphatic rings. The van der Waals surface area contributed by atoms with Crippen LogP contribution in [0.15, 0.2) is 36.5 Å². The Morgan fingerprint density at radius 2 is 1.77 bits per heavy atom. The van der Waals surface area contributed by atoms with Gasteiger partial charge in [-0.05, 0) is 24.3 Å². The molecule has 1 heteroatoms. The Morgan fingerprint density at radius 3 is 2.46 bits per heavy atom. The predicted molar refractivity (Wildman–Crippen MR) is 56.1 cm³/mol. The van der Waals surface area contributed by atoms with Crippen molar-refractivity contribution in [2.45, 2.75) is 26.2 Å². The van der Waals surface area contributed by atoms with Crippen LogP contribution in [0.25, 0.3) is 5.52 Å². The number of rotatable bonds is 0. The van der Waals surface area contributed by atoms with Gasteiger partial charge in [-0.1, -0.05) is 26.8 Å². The van der Waals surface area contributed by atoms with Gasteiger partial charge in [0.05, 0.1) is 0 Å². The van der Waals surface area contributed by atoms with Crippen LogP contribution in [0.3, 0.4) is 0 Å². The van der Waals surface area contributed by atoms with Crippen molar-refractivity contribution >= 4 is 5.52 Å². The zero-order chi connectivity index (χ0) is 9.47. The first-order chi connectivity index (χ1) is 6.09. The van der Waals surface area contributed by atoms with Gasteiger partial charge in [-0.25, -0.2) is 0 Å². The summed E-state index contributed by atoms with van der Waals surface area (Å²) in [6.07, 6.45) is 2.12. The molecule has 0 saturated carbocycles. The van der Waals surface area contributed by atoms with Gasteiger partial charge in [-0.2, -0.15) is 0 Å². The minimum Gasteiger partial charge on any atom is -0.320 e. The highest BCUT2D eigenvalue weighted by atomic mass is 14.9. The van der Waals surface area contributed by atoms with Crippen molar-refractivity contribution < 1.29 is 0 Å². The summed E-state index contributed by atoms with van der Waals surface area (Å²) in [5.41, 5.74) is 2.85. The van der Waals surface area contributed by atoms with E-state index in [-0.39, 0.29) is 5.41 Å². The molecule has 68 valence electrons. The number of aromatic nitrogens is 1. The quantitative estimate of drug-likeness (QED) is 0.576. The van der Waals surface area contributed by atoms with E-state index in [1.165, 1.54) is 11.2 Å². The summed E-state index contributed by atoms with van der Waals surface area (Å²) in [6, 6.07) is 10.6. The third-order valence-electron chi connectivity index (χ3n) is 2.33. The molecule has 0 atom stereocenters. The van der Waals surface area contributed by atoms with Gasteiger partial charge in [0.2, 0.25) is 0 Å². The smallest absolute Gasteiger partial charge is 0.0453 e. The lowest BCUT2D eigenvalue weighted by molar-refractivity contribution is 0.564. The maximum Gasteiger partial charge on any atom is 0.0453 e. The number of nitrogens with zero attached hydrogens (tertiary/aromatic N) is 1. The fourth-order valence-corrected chi connectivity index (χ4v) is 1.67. The van der Waals surface area contributed by atoms with Crippen molar-refractivity contribution in [2.75, 3.05) is 0 Å². The summed E-state index contributed by atoms with van der Waals surface area (Å²) < 4.78 is 2.25. The molecule has 0 fully saturated rings. The second-order valence-electron chi connectivity index (χ2n) is 4.46. The lowest BCUT2D eigenvalue weighted by Gasteiger charge is -2.18. The standard InChI is InChI=1S/C12H15N/c1-12(2,3)11-8-7-10-6-4-5-9-13(10)11/h4-9H,1-3H3. The Kier molecular flexibility index (Phi) is 1.69. The molecule has 0 aromatic carbocycles. The van der Waals surface area contributed by atoms with Gasteiger partial charge in [0.1, 0.15) is 0 Å².